The fraction of sp³-hybridized carbons (Fsp3) is 0.636. The normalized spacial score (nSPS) is 11.4. The second-order valence-corrected chi connectivity index (χ2v) is 4.68. The van der Waals surface area contributed by atoms with E-state index in [1.165, 1.54) is 0 Å². The van der Waals surface area contributed by atoms with Crippen molar-refractivity contribution in [3.8, 4) is 0 Å². The molecule has 1 aromatic rings. The minimum atomic E-state index is 0.119. The fourth-order valence-corrected chi connectivity index (χ4v) is 1.39. The summed E-state index contributed by atoms with van der Waals surface area (Å²) in [5.41, 5.74) is 6.17. The quantitative estimate of drug-likeness (QED) is 0.677. The van der Waals surface area contributed by atoms with E-state index in [9.17, 15) is 0 Å². The summed E-state index contributed by atoms with van der Waals surface area (Å²) in [4.78, 5) is 8.13. The van der Waals surface area contributed by atoms with Crippen LogP contribution in [0.2, 0.25) is 0 Å². The lowest BCUT2D eigenvalue weighted by Gasteiger charge is -2.24. The minimum absolute atomic E-state index is 0.119. The van der Waals surface area contributed by atoms with E-state index in [1.807, 2.05) is 0 Å². The van der Waals surface area contributed by atoms with E-state index >= 15 is 0 Å². The highest BCUT2D eigenvalue weighted by atomic mass is 16.2. The van der Waals surface area contributed by atoms with E-state index in [4.69, 9.17) is 10.8 Å². The molecule has 0 aromatic carbocycles. The number of nitrogens with one attached hydrogen (secondary N) is 1. The predicted molar refractivity (Wildman–Crippen MR) is 65.0 cm³/mol. The van der Waals surface area contributed by atoms with Gasteiger partial charge in [-0.25, -0.2) is 9.97 Å². The number of nitrogens with two attached hydrogens (primary N) is 1. The lowest BCUT2D eigenvalue weighted by atomic mass is 9.88. The molecule has 0 saturated heterocycles. The first-order chi connectivity index (χ1) is 7.53. The van der Waals surface area contributed by atoms with Crippen molar-refractivity contribution in [3.05, 3.63) is 12.4 Å². The Morgan fingerprint density at radius 3 is 2.56 bits per heavy atom. The first-order valence-corrected chi connectivity index (χ1v) is 5.46. The third kappa shape index (κ3) is 4.44. The molecule has 0 aliphatic heterocycles. The molecule has 5 nitrogen and oxygen atoms in total. The van der Waals surface area contributed by atoms with Crippen molar-refractivity contribution < 1.29 is 5.11 Å². The van der Waals surface area contributed by atoms with Crippen LogP contribution >= 0.6 is 0 Å². The molecule has 16 heavy (non-hydrogen) atoms. The van der Waals surface area contributed by atoms with Crippen LogP contribution in [0, 0.1) is 5.41 Å². The lowest BCUT2D eigenvalue weighted by molar-refractivity contribution is 0.247. The van der Waals surface area contributed by atoms with Gasteiger partial charge in [0.05, 0.1) is 18.1 Å². The van der Waals surface area contributed by atoms with Crippen molar-refractivity contribution in [3.63, 3.8) is 0 Å². The molecule has 0 unspecified atom stereocenters. The van der Waals surface area contributed by atoms with Crippen LogP contribution in [0.25, 0.3) is 0 Å². The molecule has 4 N–H and O–H groups in total. The standard InChI is InChI=1S/C11H20N4O/c1-11(2,4-3-5-16)8-15-10-13-6-9(12)7-14-10/h6-7,16H,3-5,8,12H2,1-2H3,(H,13,14,15). The van der Waals surface area contributed by atoms with Crippen LogP contribution in [0.15, 0.2) is 12.4 Å². The number of aliphatic hydroxyl groups excluding tert-OH is 1. The van der Waals surface area contributed by atoms with Crippen LogP contribution in [-0.2, 0) is 0 Å². The molecule has 0 radical (unpaired) electrons. The summed E-state index contributed by atoms with van der Waals surface area (Å²) in [6, 6.07) is 0. The van der Waals surface area contributed by atoms with Gasteiger partial charge >= 0.3 is 0 Å². The summed E-state index contributed by atoms with van der Waals surface area (Å²) < 4.78 is 0. The molecule has 0 aliphatic rings. The van der Waals surface area contributed by atoms with E-state index in [1.54, 1.807) is 12.4 Å². The van der Waals surface area contributed by atoms with Crippen molar-refractivity contribution in [2.75, 3.05) is 24.2 Å². The van der Waals surface area contributed by atoms with E-state index in [2.05, 4.69) is 29.1 Å². The number of anilines is 2. The van der Waals surface area contributed by atoms with Crippen molar-refractivity contribution in [2.45, 2.75) is 26.7 Å². The van der Waals surface area contributed by atoms with Crippen LogP contribution in [-0.4, -0.2) is 28.2 Å². The van der Waals surface area contributed by atoms with Gasteiger partial charge in [-0.2, -0.15) is 0 Å². The van der Waals surface area contributed by atoms with Gasteiger partial charge in [-0.15, -0.1) is 0 Å². The second kappa shape index (κ2) is 5.65. The van der Waals surface area contributed by atoms with Gasteiger partial charge in [0.2, 0.25) is 5.95 Å². The average Bonchev–Trinajstić information content (AvgIpc) is 2.26. The van der Waals surface area contributed by atoms with Crippen LogP contribution < -0.4 is 11.1 Å². The van der Waals surface area contributed by atoms with Gasteiger partial charge in [-0.1, -0.05) is 13.8 Å². The molecule has 90 valence electrons. The highest BCUT2D eigenvalue weighted by molar-refractivity contribution is 5.35. The maximum atomic E-state index is 8.79. The number of aliphatic hydroxyl groups is 1. The average molecular weight is 224 g/mol. The van der Waals surface area contributed by atoms with Crippen LogP contribution in [0.3, 0.4) is 0 Å². The molecule has 0 aliphatic carbocycles. The maximum absolute atomic E-state index is 8.79. The van der Waals surface area contributed by atoms with E-state index in [-0.39, 0.29) is 12.0 Å². The predicted octanol–water partition coefficient (Wildman–Crippen LogP) is 1.27. The number of rotatable bonds is 6. The smallest absolute Gasteiger partial charge is 0.222 e. The lowest BCUT2D eigenvalue weighted by Crippen LogP contribution is -2.24. The van der Waals surface area contributed by atoms with Gasteiger partial charge < -0.3 is 16.2 Å². The van der Waals surface area contributed by atoms with Gasteiger partial charge in [0.1, 0.15) is 0 Å². The van der Waals surface area contributed by atoms with Gasteiger partial charge in [0.15, 0.2) is 0 Å². The molecule has 1 heterocycles. The molecule has 0 bridgehead atoms. The van der Waals surface area contributed by atoms with Crippen molar-refractivity contribution in [1.82, 2.24) is 9.97 Å². The Kier molecular flexibility index (Phi) is 4.49. The zero-order chi connectivity index (χ0) is 12.0. The first-order valence-electron chi connectivity index (χ1n) is 5.46. The maximum Gasteiger partial charge on any atom is 0.222 e. The fourth-order valence-electron chi connectivity index (χ4n) is 1.39. The van der Waals surface area contributed by atoms with Gasteiger partial charge in [0, 0.05) is 13.2 Å². The molecule has 1 aromatic heterocycles. The second-order valence-electron chi connectivity index (χ2n) is 4.68. The third-order valence-electron chi connectivity index (χ3n) is 2.41. The Morgan fingerprint density at radius 1 is 1.38 bits per heavy atom. The van der Waals surface area contributed by atoms with Gasteiger partial charge in [-0.3, -0.25) is 0 Å². The minimum Gasteiger partial charge on any atom is -0.396 e. The van der Waals surface area contributed by atoms with Gasteiger partial charge in [-0.05, 0) is 18.3 Å². The summed E-state index contributed by atoms with van der Waals surface area (Å²) in [6.07, 6.45) is 4.94. The Bertz CT molecular complexity index is 310. The summed E-state index contributed by atoms with van der Waals surface area (Å²) in [5, 5.41) is 11.9. The SMILES string of the molecule is CC(C)(CCCO)CNc1ncc(N)cn1. The molecule has 0 saturated carbocycles. The molecule has 5 heteroatoms. The van der Waals surface area contributed by atoms with Crippen molar-refractivity contribution >= 4 is 11.6 Å². The molecule has 0 amide bonds. The van der Waals surface area contributed by atoms with Crippen molar-refractivity contribution in [1.29, 1.82) is 0 Å². The number of hydrogen-bond acceptors (Lipinski definition) is 5. The highest BCUT2D eigenvalue weighted by Gasteiger charge is 2.17. The van der Waals surface area contributed by atoms with E-state index in [0.29, 0.717) is 11.6 Å². The monoisotopic (exact) mass is 224 g/mol. The van der Waals surface area contributed by atoms with E-state index < -0.39 is 0 Å². The molecular weight excluding hydrogens is 204 g/mol. The van der Waals surface area contributed by atoms with Gasteiger partial charge in [0.25, 0.3) is 0 Å². The number of hydrogen-bond donors (Lipinski definition) is 3. The first kappa shape index (κ1) is 12.7. The molecule has 0 spiro atoms. The molecule has 0 atom stereocenters. The number of nitrogen functional groups attached to an aromatic ring is 1. The zero-order valence-corrected chi connectivity index (χ0v) is 9.90. The third-order valence-corrected chi connectivity index (χ3v) is 2.41. The van der Waals surface area contributed by atoms with Crippen LogP contribution in [0.1, 0.15) is 26.7 Å². The van der Waals surface area contributed by atoms with Crippen molar-refractivity contribution in [2.24, 2.45) is 5.41 Å². The number of nitrogens with zero attached hydrogens (tertiary/aromatic N) is 2. The molecular formula is C11H20N4O. The largest absolute Gasteiger partial charge is 0.396 e. The zero-order valence-electron chi connectivity index (χ0n) is 9.90. The highest BCUT2D eigenvalue weighted by Crippen LogP contribution is 2.22. The van der Waals surface area contributed by atoms with E-state index in [0.717, 1.165) is 19.4 Å². The molecule has 1 rings (SSSR count). The van der Waals surface area contributed by atoms with Crippen LogP contribution in [0.5, 0.6) is 0 Å². The topological polar surface area (TPSA) is 84.1 Å². The summed E-state index contributed by atoms with van der Waals surface area (Å²) in [5.74, 6) is 0.589. The molecule has 0 fully saturated rings. The Hall–Kier alpha value is -1.36. The summed E-state index contributed by atoms with van der Waals surface area (Å²) in [7, 11) is 0. The Morgan fingerprint density at radius 2 is 2.00 bits per heavy atom. The van der Waals surface area contributed by atoms with Crippen LogP contribution in [0.4, 0.5) is 11.6 Å². The Labute approximate surface area is 96.1 Å². The Balaban J connectivity index is 2.41. The summed E-state index contributed by atoms with van der Waals surface area (Å²) >= 11 is 0. The number of aromatic nitrogens is 2. The summed E-state index contributed by atoms with van der Waals surface area (Å²) in [6.45, 7) is 5.30.